The minimum Gasteiger partial charge on any atom is -0.309 e. The number of benzene rings is 2. The molecular weight excluding hydrogens is 326 g/mol. The third kappa shape index (κ3) is 4.15. The van der Waals surface area contributed by atoms with E-state index in [-0.39, 0.29) is 0 Å². The third-order valence-corrected chi connectivity index (χ3v) is 5.16. The lowest BCUT2D eigenvalue weighted by Crippen LogP contribution is -2.01. The third-order valence-electron chi connectivity index (χ3n) is 3.72. The van der Waals surface area contributed by atoms with Crippen LogP contribution in [0.4, 0.5) is 0 Å². The molecule has 23 heavy (non-hydrogen) atoms. The van der Waals surface area contributed by atoms with E-state index >= 15 is 0 Å². The van der Waals surface area contributed by atoms with Gasteiger partial charge in [0.15, 0.2) is 5.16 Å². The topological polar surface area (TPSA) is 30.7 Å². The molecule has 118 valence electrons. The molecule has 0 spiro atoms. The summed E-state index contributed by atoms with van der Waals surface area (Å²) >= 11 is 7.86. The van der Waals surface area contributed by atoms with Gasteiger partial charge in [-0.15, -0.1) is 10.2 Å². The largest absolute Gasteiger partial charge is 0.309 e. The predicted octanol–water partition coefficient (Wildman–Crippen LogP) is 4.55. The standard InChI is InChI=1S/C18H18ClN3S/c1-22-17(12-11-14-7-3-2-4-8-14)20-21-18(22)23-13-15-9-5-6-10-16(15)19/h2-10H,11-13H2,1H3. The summed E-state index contributed by atoms with van der Waals surface area (Å²) in [6, 6.07) is 18.4. The molecule has 3 rings (SSSR count). The summed E-state index contributed by atoms with van der Waals surface area (Å²) in [7, 11) is 2.02. The van der Waals surface area contributed by atoms with Crippen LogP contribution in [0.3, 0.4) is 0 Å². The Bertz CT molecular complexity index is 771. The van der Waals surface area contributed by atoms with E-state index in [2.05, 4.69) is 39.0 Å². The zero-order valence-corrected chi connectivity index (χ0v) is 14.5. The second kappa shape index (κ2) is 7.66. The number of hydrogen-bond donors (Lipinski definition) is 0. The van der Waals surface area contributed by atoms with Gasteiger partial charge in [-0.1, -0.05) is 71.9 Å². The van der Waals surface area contributed by atoms with E-state index in [1.54, 1.807) is 11.8 Å². The Morgan fingerprint density at radius 2 is 1.70 bits per heavy atom. The Morgan fingerprint density at radius 1 is 0.957 bits per heavy atom. The molecule has 0 fully saturated rings. The highest BCUT2D eigenvalue weighted by Gasteiger charge is 2.10. The minimum absolute atomic E-state index is 0.796. The molecule has 0 saturated carbocycles. The normalized spacial score (nSPS) is 10.9. The maximum absolute atomic E-state index is 6.20. The van der Waals surface area contributed by atoms with Crippen LogP contribution in [0.5, 0.6) is 0 Å². The Kier molecular flexibility index (Phi) is 5.36. The first-order valence-corrected chi connectivity index (χ1v) is 8.89. The number of aromatic nitrogens is 3. The van der Waals surface area contributed by atoms with Crippen molar-refractivity contribution in [2.75, 3.05) is 0 Å². The monoisotopic (exact) mass is 343 g/mol. The zero-order chi connectivity index (χ0) is 16.1. The van der Waals surface area contributed by atoms with Gasteiger partial charge < -0.3 is 4.57 Å². The van der Waals surface area contributed by atoms with E-state index in [0.717, 1.165) is 40.2 Å². The highest BCUT2D eigenvalue weighted by atomic mass is 35.5. The van der Waals surface area contributed by atoms with Gasteiger partial charge in [0.1, 0.15) is 5.82 Å². The van der Waals surface area contributed by atoms with Crippen LogP contribution in [0.2, 0.25) is 5.02 Å². The van der Waals surface area contributed by atoms with Crippen LogP contribution in [-0.2, 0) is 25.6 Å². The fourth-order valence-corrected chi connectivity index (χ4v) is 3.56. The average molecular weight is 344 g/mol. The van der Waals surface area contributed by atoms with E-state index in [1.165, 1.54) is 5.56 Å². The average Bonchev–Trinajstić information content (AvgIpc) is 2.93. The zero-order valence-electron chi connectivity index (χ0n) is 12.9. The van der Waals surface area contributed by atoms with Crippen molar-refractivity contribution in [3.05, 3.63) is 76.6 Å². The number of halogens is 1. The quantitative estimate of drug-likeness (QED) is 0.615. The van der Waals surface area contributed by atoms with E-state index in [1.807, 2.05) is 37.4 Å². The van der Waals surface area contributed by atoms with Gasteiger partial charge in [0, 0.05) is 24.2 Å². The second-order valence-corrected chi connectivity index (χ2v) is 6.67. The van der Waals surface area contributed by atoms with Crippen LogP contribution in [-0.4, -0.2) is 14.8 Å². The summed E-state index contributed by atoms with van der Waals surface area (Å²) in [5.41, 5.74) is 2.44. The molecule has 0 saturated heterocycles. The molecule has 5 heteroatoms. The summed E-state index contributed by atoms with van der Waals surface area (Å²) in [5, 5.41) is 10.4. The molecule has 0 unspecified atom stereocenters. The predicted molar refractivity (Wildman–Crippen MR) is 95.9 cm³/mol. The van der Waals surface area contributed by atoms with E-state index in [4.69, 9.17) is 11.6 Å². The van der Waals surface area contributed by atoms with Gasteiger partial charge >= 0.3 is 0 Å². The first-order valence-electron chi connectivity index (χ1n) is 7.52. The molecule has 0 aliphatic rings. The summed E-state index contributed by atoms with van der Waals surface area (Å²) in [5.74, 6) is 1.81. The van der Waals surface area contributed by atoms with Crippen LogP contribution < -0.4 is 0 Å². The van der Waals surface area contributed by atoms with Crippen molar-refractivity contribution in [3.63, 3.8) is 0 Å². The van der Waals surface area contributed by atoms with Crippen molar-refractivity contribution in [1.29, 1.82) is 0 Å². The van der Waals surface area contributed by atoms with Gasteiger partial charge in [0.25, 0.3) is 0 Å². The molecule has 0 aliphatic carbocycles. The maximum Gasteiger partial charge on any atom is 0.191 e. The van der Waals surface area contributed by atoms with Crippen molar-refractivity contribution < 1.29 is 0 Å². The summed E-state index contributed by atoms with van der Waals surface area (Å²) in [6.07, 6.45) is 1.86. The molecule has 0 atom stereocenters. The van der Waals surface area contributed by atoms with E-state index in [0.29, 0.717) is 0 Å². The van der Waals surface area contributed by atoms with Crippen LogP contribution in [0.1, 0.15) is 17.0 Å². The Labute approximate surface area is 145 Å². The van der Waals surface area contributed by atoms with Crippen molar-refractivity contribution in [2.45, 2.75) is 23.8 Å². The van der Waals surface area contributed by atoms with E-state index < -0.39 is 0 Å². The fourth-order valence-electron chi connectivity index (χ4n) is 2.35. The van der Waals surface area contributed by atoms with Crippen molar-refractivity contribution >= 4 is 23.4 Å². The summed E-state index contributed by atoms with van der Waals surface area (Å²) < 4.78 is 2.07. The Morgan fingerprint density at radius 3 is 2.48 bits per heavy atom. The van der Waals surface area contributed by atoms with Crippen LogP contribution in [0.25, 0.3) is 0 Å². The van der Waals surface area contributed by atoms with Crippen molar-refractivity contribution in [2.24, 2.45) is 7.05 Å². The SMILES string of the molecule is Cn1c(CCc2ccccc2)nnc1SCc1ccccc1Cl. The molecule has 0 N–H and O–H groups in total. The molecule has 0 bridgehead atoms. The van der Waals surface area contributed by atoms with Crippen LogP contribution in [0, 0.1) is 0 Å². The van der Waals surface area contributed by atoms with Crippen molar-refractivity contribution in [3.8, 4) is 0 Å². The first-order chi connectivity index (χ1) is 11.2. The molecule has 0 amide bonds. The summed E-state index contributed by atoms with van der Waals surface area (Å²) in [4.78, 5) is 0. The molecule has 1 heterocycles. The lowest BCUT2D eigenvalue weighted by molar-refractivity contribution is 0.723. The molecule has 3 nitrogen and oxygen atoms in total. The minimum atomic E-state index is 0.796. The van der Waals surface area contributed by atoms with Gasteiger partial charge in [0.05, 0.1) is 0 Å². The molecular formula is C18H18ClN3S. The highest BCUT2D eigenvalue weighted by molar-refractivity contribution is 7.98. The van der Waals surface area contributed by atoms with Crippen molar-refractivity contribution in [1.82, 2.24) is 14.8 Å². The number of thioether (sulfide) groups is 1. The van der Waals surface area contributed by atoms with Gasteiger partial charge in [-0.25, -0.2) is 0 Å². The molecule has 0 aliphatic heterocycles. The van der Waals surface area contributed by atoms with Gasteiger partial charge in [-0.05, 0) is 23.6 Å². The fraction of sp³-hybridized carbons (Fsp3) is 0.222. The van der Waals surface area contributed by atoms with Crippen LogP contribution >= 0.6 is 23.4 Å². The maximum atomic E-state index is 6.20. The van der Waals surface area contributed by atoms with Crippen LogP contribution in [0.15, 0.2) is 59.8 Å². The smallest absolute Gasteiger partial charge is 0.191 e. The first kappa shape index (κ1) is 16.1. The molecule has 1 aromatic heterocycles. The number of hydrogen-bond acceptors (Lipinski definition) is 3. The van der Waals surface area contributed by atoms with Gasteiger partial charge in [-0.2, -0.15) is 0 Å². The highest BCUT2D eigenvalue weighted by Crippen LogP contribution is 2.25. The van der Waals surface area contributed by atoms with Gasteiger partial charge in [0.2, 0.25) is 0 Å². The number of aryl methyl sites for hydroxylation is 2. The van der Waals surface area contributed by atoms with Gasteiger partial charge in [-0.3, -0.25) is 0 Å². The molecule has 2 aromatic carbocycles. The molecule has 3 aromatic rings. The lowest BCUT2D eigenvalue weighted by atomic mass is 10.1. The van der Waals surface area contributed by atoms with E-state index in [9.17, 15) is 0 Å². The molecule has 0 radical (unpaired) electrons. The second-order valence-electron chi connectivity index (χ2n) is 5.32. The summed E-state index contributed by atoms with van der Waals surface area (Å²) in [6.45, 7) is 0. The number of nitrogens with zero attached hydrogens (tertiary/aromatic N) is 3. The lowest BCUT2D eigenvalue weighted by Gasteiger charge is -2.05. The number of rotatable bonds is 6. The Hall–Kier alpha value is -1.78. The Balaban J connectivity index is 1.62.